The van der Waals surface area contributed by atoms with Gasteiger partial charge in [-0.15, -0.1) is 0 Å². The number of hydrogen-bond donors (Lipinski definition) is 0. The van der Waals surface area contributed by atoms with E-state index in [0.29, 0.717) is 17.0 Å². The summed E-state index contributed by atoms with van der Waals surface area (Å²) in [5.41, 5.74) is 4.64. The van der Waals surface area contributed by atoms with Gasteiger partial charge in [0.15, 0.2) is 12.4 Å². The standard InChI is InChI=1S/C25H32F3N3O4/c1-15-16(2)30-31(8)21(15)22(34-17(3)35-23(32)33-14-25(26,27)28)20(13-29-7)18-9-11-19(12-10-18)24(4,5)6/h9-13,17H,14H2,1-8H3/b22-20-,29-13?. The van der Waals surface area contributed by atoms with Crippen molar-refractivity contribution >= 4 is 23.7 Å². The van der Waals surface area contributed by atoms with Gasteiger partial charge in [0, 0.05) is 38.4 Å². The van der Waals surface area contributed by atoms with Crippen LogP contribution in [0.25, 0.3) is 11.3 Å². The molecule has 2 rings (SSSR count). The number of alkyl halides is 3. The summed E-state index contributed by atoms with van der Waals surface area (Å²) >= 11 is 0. The molecule has 0 aliphatic heterocycles. The fourth-order valence-electron chi connectivity index (χ4n) is 3.37. The minimum Gasteiger partial charge on any atom is -0.452 e. The molecule has 0 amide bonds. The van der Waals surface area contributed by atoms with E-state index in [1.165, 1.54) is 6.92 Å². The van der Waals surface area contributed by atoms with Crippen LogP contribution in [0.15, 0.2) is 29.3 Å². The second kappa shape index (κ2) is 11.0. The number of rotatable bonds is 7. The van der Waals surface area contributed by atoms with Crippen LogP contribution in [-0.2, 0) is 26.7 Å². The van der Waals surface area contributed by atoms with Crippen molar-refractivity contribution in [1.29, 1.82) is 0 Å². The molecule has 0 saturated carbocycles. The summed E-state index contributed by atoms with van der Waals surface area (Å²) in [6.07, 6.45) is -5.82. The monoisotopic (exact) mass is 495 g/mol. The number of halogens is 3. The Morgan fingerprint density at radius 3 is 2.20 bits per heavy atom. The van der Waals surface area contributed by atoms with Crippen molar-refractivity contribution in [2.45, 2.75) is 59.4 Å². The molecule has 0 aliphatic rings. The minimum absolute atomic E-state index is 0.0462. The van der Waals surface area contributed by atoms with E-state index in [0.717, 1.165) is 22.4 Å². The lowest BCUT2D eigenvalue weighted by Gasteiger charge is -2.22. The van der Waals surface area contributed by atoms with Crippen LogP contribution in [0.4, 0.5) is 18.0 Å². The van der Waals surface area contributed by atoms with Gasteiger partial charge in [-0.1, -0.05) is 45.0 Å². The topological polar surface area (TPSA) is 74.9 Å². The average Bonchev–Trinajstić information content (AvgIpc) is 2.99. The molecule has 1 unspecified atom stereocenters. The third kappa shape index (κ3) is 7.60. The highest BCUT2D eigenvalue weighted by atomic mass is 19.4. The predicted molar refractivity (Wildman–Crippen MR) is 128 cm³/mol. The first kappa shape index (κ1) is 27.9. The third-order valence-corrected chi connectivity index (χ3v) is 5.20. The van der Waals surface area contributed by atoms with Gasteiger partial charge in [-0.3, -0.25) is 9.67 Å². The first-order valence-corrected chi connectivity index (χ1v) is 11.0. The van der Waals surface area contributed by atoms with Crippen LogP contribution in [0, 0.1) is 13.8 Å². The highest BCUT2D eigenvalue weighted by molar-refractivity contribution is 6.18. The summed E-state index contributed by atoms with van der Waals surface area (Å²) in [5, 5.41) is 4.44. The van der Waals surface area contributed by atoms with E-state index in [-0.39, 0.29) is 5.41 Å². The van der Waals surface area contributed by atoms with Gasteiger partial charge in [0.05, 0.1) is 5.69 Å². The Kier molecular flexibility index (Phi) is 8.75. The van der Waals surface area contributed by atoms with E-state index in [1.54, 1.807) is 25.0 Å². The number of hydrogen-bond acceptors (Lipinski definition) is 6. The molecular weight excluding hydrogens is 463 g/mol. The number of carbonyl (C=O) groups excluding carboxylic acids is 1. The number of benzene rings is 1. The lowest BCUT2D eigenvalue weighted by molar-refractivity contribution is -0.171. The maximum absolute atomic E-state index is 12.4. The van der Waals surface area contributed by atoms with Crippen LogP contribution >= 0.6 is 0 Å². The Morgan fingerprint density at radius 2 is 1.74 bits per heavy atom. The molecule has 192 valence electrons. The summed E-state index contributed by atoms with van der Waals surface area (Å²) in [5.74, 6) is 0.302. The Bertz CT molecular complexity index is 1090. The van der Waals surface area contributed by atoms with Crippen molar-refractivity contribution in [1.82, 2.24) is 9.78 Å². The Hall–Kier alpha value is -3.30. The van der Waals surface area contributed by atoms with Gasteiger partial charge in [0.25, 0.3) is 0 Å². The summed E-state index contributed by atoms with van der Waals surface area (Å²) < 4.78 is 53.8. The number of allylic oxidation sites excluding steroid dienone is 1. The van der Waals surface area contributed by atoms with E-state index in [1.807, 2.05) is 38.1 Å². The second-order valence-electron chi connectivity index (χ2n) is 9.10. The van der Waals surface area contributed by atoms with E-state index in [2.05, 4.69) is 35.6 Å². The number of ether oxygens (including phenoxy) is 3. The Balaban J connectivity index is 2.54. The van der Waals surface area contributed by atoms with E-state index in [9.17, 15) is 18.0 Å². The fraction of sp³-hybridized carbons (Fsp3) is 0.480. The summed E-state index contributed by atoms with van der Waals surface area (Å²) in [6.45, 7) is 9.68. The van der Waals surface area contributed by atoms with Crippen molar-refractivity contribution in [2.75, 3.05) is 13.7 Å². The van der Waals surface area contributed by atoms with E-state index < -0.39 is 25.2 Å². The van der Waals surface area contributed by atoms with Crippen LogP contribution in [-0.4, -0.2) is 48.3 Å². The van der Waals surface area contributed by atoms with Gasteiger partial charge in [0.1, 0.15) is 5.69 Å². The van der Waals surface area contributed by atoms with Crippen LogP contribution in [0.1, 0.15) is 55.8 Å². The lowest BCUT2D eigenvalue weighted by Crippen LogP contribution is -2.24. The van der Waals surface area contributed by atoms with Crippen LogP contribution in [0.3, 0.4) is 0 Å². The van der Waals surface area contributed by atoms with Crippen LogP contribution in [0.5, 0.6) is 0 Å². The zero-order valence-electron chi connectivity index (χ0n) is 21.3. The quantitative estimate of drug-likeness (QED) is 0.204. The van der Waals surface area contributed by atoms with Gasteiger partial charge in [-0.25, -0.2) is 4.79 Å². The van der Waals surface area contributed by atoms with Gasteiger partial charge < -0.3 is 14.2 Å². The maximum atomic E-state index is 12.4. The van der Waals surface area contributed by atoms with Gasteiger partial charge in [-0.05, 0) is 30.4 Å². The molecule has 0 radical (unpaired) electrons. The molecule has 0 saturated heterocycles. The average molecular weight is 496 g/mol. The number of aryl methyl sites for hydroxylation is 2. The van der Waals surface area contributed by atoms with Gasteiger partial charge in [-0.2, -0.15) is 18.3 Å². The zero-order valence-corrected chi connectivity index (χ0v) is 21.3. The minimum atomic E-state index is -4.67. The van der Waals surface area contributed by atoms with E-state index >= 15 is 0 Å². The smallest absolute Gasteiger partial charge is 0.452 e. The Morgan fingerprint density at radius 1 is 1.14 bits per heavy atom. The molecule has 1 atom stereocenters. The zero-order chi connectivity index (χ0) is 26.6. The molecule has 0 spiro atoms. The largest absolute Gasteiger partial charge is 0.511 e. The molecule has 1 aromatic carbocycles. The highest BCUT2D eigenvalue weighted by Gasteiger charge is 2.31. The fourth-order valence-corrected chi connectivity index (χ4v) is 3.37. The molecule has 0 fully saturated rings. The summed E-state index contributed by atoms with van der Waals surface area (Å²) in [6, 6.07) is 7.88. The van der Waals surface area contributed by atoms with Crippen LogP contribution < -0.4 is 0 Å². The lowest BCUT2D eigenvalue weighted by atomic mass is 9.86. The highest BCUT2D eigenvalue weighted by Crippen LogP contribution is 2.32. The van der Waals surface area contributed by atoms with Gasteiger partial charge >= 0.3 is 12.3 Å². The molecule has 7 nitrogen and oxygen atoms in total. The number of aromatic nitrogens is 2. The van der Waals surface area contributed by atoms with Crippen molar-refractivity contribution in [3.8, 4) is 0 Å². The molecule has 0 aliphatic carbocycles. The first-order chi connectivity index (χ1) is 16.1. The normalized spacial score (nSPS) is 14.0. The number of nitrogens with zero attached hydrogens (tertiary/aromatic N) is 3. The van der Waals surface area contributed by atoms with Crippen molar-refractivity contribution in [3.05, 3.63) is 52.3 Å². The van der Waals surface area contributed by atoms with Crippen molar-refractivity contribution < 1.29 is 32.2 Å². The molecule has 1 aromatic heterocycles. The predicted octanol–water partition coefficient (Wildman–Crippen LogP) is 5.98. The molecule has 2 aromatic rings. The van der Waals surface area contributed by atoms with Crippen LogP contribution in [0.2, 0.25) is 0 Å². The molecule has 1 heterocycles. The number of carbonyl (C=O) groups is 1. The first-order valence-electron chi connectivity index (χ1n) is 11.0. The molecule has 10 heteroatoms. The maximum Gasteiger partial charge on any atom is 0.511 e. The summed E-state index contributed by atoms with van der Waals surface area (Å²) in [7, 11) is 3.35. The number of aliphatic imine (C=N–C) groups is 1. The molecule has 35 heavy (non-hydrogen) atoms. The summed E-state index contributed by atoms with van der Waals surface area (Å²) in [4.78, 5) is 15.9. The van der Waals surface area contributed by atoms with Gasteiger partial charge in [0.2, 0.25) is 6.29 Å². The molecule has 0 N–H and O–H groups in total. The second-order valence-corrected chi connectivity index (χ2v) is 9.10. The Labute approximate surface area is 203 Å². The third-order valence-electron chi connectivity index (χ3n) is 5.20. The van der Waals surface area contributed by atoms with Crippen molar-refractivity contribution in [3.63, 3.8) is 0 Å². The SMILES string of the molecule is CN=C/C(=C(/OC(C)OC(=O)OCC(F)(F)F)c1c(C)c(C)nn1C)c1ccc(C(C)(C)C)cc1. The molecular formula is C25H32F3N3O4. The van der Waals surface area contributed by atoms with Crippen molar-refractivity contribution in [2.24, 2.45) is 12.0 Å². The molecule has 0 bridgehead atoms. The van der Waals surface area contributed by atoms with E-state index in [4.69, 9.17) is 9.47 Å².